The van der Waals surface area contributed by atoms with E-state index in [2.05, 4.69) is 31.8 Å². The number of aryl methyl sites for hydroxylation is 1. The second kappa shape index (κ2) is 6.67. The molecule has 100 valence electrons. The monoisotopic (exact) mass is 246 g/mol. The van der Waals surface area contributed by atoms with Crippen LogP contribution in [0.1, 0.15) is 57.4 Å². The van der Waals surface area contributed by atoms with Gasteiger partial charge in [0.05, 0.1) is 11.4 Å². The van der Waals surface area contributed by atoms with Crippen molar-refractivity contribution in [1.29, 1.82) is 5.41 Å². The Balaban J connectivity index is 2.63. The van der Waals surface area contributed by atoms with E-state index in [0.717, 1.165) is 23.6 Å². The second-order valence-electron chi connectivity index (χ2n) is 5.91. The van der Waals surface area contributed by atoms with Crippen LogP contribution in [0.3, 0.4) is 0 Å². The topological polar surface area (TPSA) is 36.7 Å². The smallest absolute Gasteiger partial charge is 0.0863 e. The normalized spacial score (nSPS) is 12.8. The number of rotatable bonds is 6. The summed E-state index contributed by atoms with van der Waals surface area (Å²) in [6.45, 7) is 10.7. The highest BCUT2D eigenvalue weighted by atomic mass is 14.7. The molecule has 1 aromatic rings. The van der Waals surface area contributed by atoms with Gasteiger partial charge in [-0.05, 0) is 43.2 Å². The molecule has 1 aromatic heterocycles. The molecule has 1 atom stereocenters. The maximum absolute atomic E-state index is 7.64. The van der Waals surface area contributed by atoms with Gasteiger partial charge in [0.2, 0.25) is 0 Å². The zero-order chi connectivity index (χ0) is 13.7. The van der Waals surface area contributed by atoms with Crippen molar-refractivity contribution in [3.8, 4) is 0 Å². The van der Waals surface area contributed by atoms with Crippen LogP contribution >= 0.6 is 0 Å². The highest BCUT2D eigenvalue weighted by Crippen LogP contribution is 2.18. The first-order valence-electron chi connectivity index (χ1n) is 6.91. The van der Waals surface area contributed by atoms with Crippen LogP contribution in [0.15, 0.2) is 12.3 Å². The van der Waals surface area contributed by atoms with Crippen LogP contribution in [0.5, 0.6) is 0 Å². The largest absolute Gasteiger partial charge is 0.303 e. The lowest BCUT2D eigenvalue weighted by molar-refractivity contribution is 0.448. The summed E-state index contributed by atoms with van der Waals surface area (Å²) in [5, 5.41) is 7.64. The van der Waals surface area contributed by atoms with Crippen molar-refractivity contribution in [3.63, 3.8) is 0 Å². The zero-order valence-corrected chi connectivity index (χ0v) is 12.4. The minimum absolute atomic E-state index is 0.548. The SMILES string of the molecule is CC(=N)c1ncc(CC(C)CCC(C)C)cc1C. The summed E-state index contributed by atoms with van der Waals surface area (Å²) in [6.07, 6.45) is 5.61. The Kier molecular flexibility index (Phi) is 5.52. The lowest BCUT2D eigenvalue weighted by Crippen LogP contribution is -2.05. The van der Waals surface area contributed by atoms with E-state index < -0.39 is 0 Å². The van der Waals surface area contributed by atoms with E-state index in [4.69, 9.17) is 5.41 Å². The molecule has 0 bridgehead atoms. The van der Waals surface area contributed by atoms with Gasteiger partial charge in [0, 0.05) is 6.20 Å². The predicted molar refractivity (Wildman–Crippen MR) is 78.4 cm³/mol. The Bertz CT molecular complexity index is 408. The number of hydrogen-bond donors (Lipinski definition) is 1. The van der Waals surface area contributed by atoms with Gasteiger partial charge in [-0.2, -0.15) is 0 Å². The van der Waals surface area contributed by atoms with E-state index in [-0.39, 0.29) is 0 Å². The molecule has 0 spiro atoms. The highest BCUT2D eigenvalue weighted by Gasteiger charge is 2.08. The van der Waals surface area contributed by atoms with Crippen LogP contribution in [-0.2, 0) is 6.42 Å². The number of nitrogens with zero attached hydrogens (tertiary/aromatic N) is 1. The molecule has 1 heterocycles. The van der Waals surface area contributed by atoms with Crippen molar-refractivity contribution in [2.24, 2.45) is 11.8 Å². The molecule has 18 heavy (non-hydrogen) atoms. The second-order valence-corrected chi connectivity index (χ2v) is 5.91. The molecule has 0 radical (unpaired) electrons. The molecule has 0 aliphatic carbocycles. The molecular weight excluding hydrogens is 220 g/mol. The van der Waals surface area contributed by atoms with Crippen molar-refractivity contribution in [2.45, 2.75) is 53.9 Å². The molecule has 1 unspecified atom stereocenters. The minimum Gasteiger partial charge on any atom is -0.303 e. The summed E-state index contributed by atoms with van der Waals surface area (Å²) < 4.78 is 0. The van der Waals surface area contributed by atoms with Crippen molar-refractivity contribution in [2.75, 3.05) is 0 Å². The lowest BCUT2D eigenvalue weighted by Gasteiger charge is -2.14. The van der Waals surface area contributed by atoms with Crippen molar-refractivity contribution >= 4 is 5.71 Å². The Morgan fingerprint density at radius 1 is 1.28 bits per heavy atom. The van der Waals surface area contributed by atoms with Crippen molar-refractivity contribution in [3.05, 3.63) is 29.1 Å². The quantitative estimate of drug-likeness (QED) is 0.742. The third-order valence-electron chi connectivity index (χ3n) is 3.31. The maximum Gasteiger partial charge on any atom is 0.0863 e. The van der Waals surface area contributed by atoms with Gasteiger partial charge < -0.3 is 5.41 Å². The van der Waals surface area contributed by atoms with Crippen molar-refractivity contribution < 1.29 is 0 Å². The molecule has 0 aliphatic heterocycles. The first kappa shape index (κ1) is 14.9. The fourth-order valence-corrected chi connectivity index (χ4v) is 2.26. The summed E-state index contributed by atoms with van der Waals surface area (Å²) in [5.74, 6) is 1.50. The Morgan fingerprint density at radius 3 is 2.44 bits per heavy atom. The molecule has 0 amide bonds. The standard InChI is InChI=1S/C16H26N2/c1-11(2)6-7-12(3)8-15-9-13(4)16(14(5)17)18-10-15/h9-12,17H,6-8H2,1-5H3. The minimum atomic E-state index is 0.548. The van der Waals surface area contributed by atoms with E-state index in [0.29, 0.717) is 11.6 Å². The number of nitrogens with one attached hydrogen (secondary N) is 1. The molecule has 0 aliphatic rings. The van der Waals surface area contributed by atoms with Gasteiger partial charge in [0.15, 0.2) is 0 Å². The molecule has 0 fully saturated rings. The summed E-state index contributed by atoms with van der Waals surface area (Å²) in [4.78, 5) is 4.40. The lowest BCUT2D eigenvalue weighted by atomic mass is 9.93. The molecule has 2 heteroatoms. The Labute approximate surface area is 111 Å². The third kappa shape index (κ3) is 4.59. The van der Waals surface area contributed by atoms with E-state index >= 15 is 0 Å². The van der Waals surface area contributed by atoms with Crippen LogP contribution in [0, 0.1) is 24.2 Å². The van der Waals surface area contributed by atoms with E-state index in [1.54, 1.807) is 6.92 Å². The van der Waals surface area contributed by atoms with Crippen LogP contribution in [0.2, 0.25) is 0 Å². The number of hydrogen-bond acceptors (Lipinski definition) is 2. The average molecular weight is 246 g/mol. The van der Waals surface area contributed by atoms with Gasteiger partial charge in [-0.15, -0.1) is 0 Å². The first-order chi connectivity index (χ1) is 8.40. The van der Waals surface area contributed by atoms with Gasteiger partial charge in [-0.3, -0.25) is 4.98 Å². The maximum atomic E-state index is 7.64. The molecule has 0 saturated heterocycles. The molecule has 0 aromatic carbocycles. The van der Waals surface area contributed by atoms with Crippen LogP contribution < -0.4 is 0 Å². The third-order valence-corrected chi connectivity index (χ3v) is 3.31. The molecule has 2 nitrogen and oxygen atoms in total. The Hall–Kier alpha value is -1.18. The van der Waals surface area contributed by atoms with E-state index in [9.17, 15) is 0 Å². The van der Waals surface area contributed by atoms with Crippen LogP contribution in [0.4, 0.5) is 0 Å². The molecule has 1 N–H and O–H groups in total. The first-order valence-corrected chi connectivity index (χ1v) is 6.91. The van der Waals surface area contributed by atoms with Gasteiger partial charge >= 0.3 is 0 Å². The van der Waals surface area contributed by atoms with Crippen molar-refractivity contribution in [1.82, 2.24) is 4.98 Å². The van der Waals surface area contributed by atoms with Gasteiger partial charge in [0.25, 0.3) is 0 Å². The fraction of sp³-hybridized carbons (Fsp3) is 0.625. The fourth-order valence-electron chi connectivity index (χ4n) is 2.26. The zero-order valence-electron chi connectivity index (χ0n) is 12.4. The Morgan fingerprint density at radius 2 is 1.94 bits per heavy atom. The van der Waals surface area contributed by atoms with Crippen LogP contribution in [0.25, 0.3) is 0 Å². The summed E-state index contributed by atoms with van der Waals surface area (Å²) >= 11 is 0. The van der Waals surface area contributed by atoms with Gasteiger partial charge in [-0.25, -0.2) is 0 Å². The van der Waals surface area contributed by atoms with Gasteiger partial charge in [-0.1, -0.05) is 39.7 Å². The predicted octanol–water partition coefficient (Wildman–Crippen LogP) is 4.39. The van der Waals surface area contributed by atoms with E-state index in [1.807, 2.05) is 13.1 Å². The number of pyridine rings is 1. The summed E-state index contributed by atoms with van der Waals surface area (Å²) in [5.41, 5.74) is 3.80. The molecular formula is C16H26N2. The van der Waals surface area contributed by atoms with Crippen LogP contribution in [-0.4, -0.2) is 10.7 Å². The summed E-state index contributed by atoms with van der Waals surface area (Å²) in [6, 6.07) is 2.19. The average Bonchev–Trinajstić information content (AvgIpc) is 2.26. The molecule has 0 saturated carbocycles. The number of aromatic nitrogens is 1. The van der Waals surface area contributed by atoms with Gasteiger partial charge in [0.1, 0.15) is 0 Å². The highest BCUT2D eigenvalue weighted by molar-refractivity contribution is 5.95. The summed E-state index contributed by atoms with van der Waals surface area (Å²) in [7, 11) is 0. The van der Waals surface area contributed by atoms with E-state index in [1.165, 1.54) is 18.4 Å². The molecule has 1 rings (SSSR count).